The van der Waals surface area contributed by atoms with E-state index in [0.29, 0.717) is 6.61 Å². The smallest absolute Gasteiger partial charge is 0.330 e. The third-order valence-corrected chi connectivity index (χ3v) is 2.85. The number of carbonyl (C=O) groups is 1. The highest BCUT2D eigenvalue weighted by Gasteiger charge is 2.13. The number of carbonyl (C=O) groups excluding carboxylic acids is 1. The fourth-order valence-corrected chi connectivity index (χ4v) is 1.91. The van der Waals surface area contributed by atoms with Crippen LogP contribution in [0, 0.1) is 5.92 Å². The Kier molecular flexibility index (Phi) is 10.6. The molecule has 3 heteroatoms. The molecule has 0 saturated carbocycles. The quantitative estimate of drug-likeness (QED) is 0.322. The Morgan fingerprint density at radius 1 is 1.11 bits per heavy atom. The van der Waals surface area contributed by atoms with Crippen molar-refractivity contribution in [1.29, 1.82) is 0 Å². The topological polar surface area (TPSA) is 35.5 Å². The molecule has 0 bridgehead atoms. The number of ether oxygens (including phenoxy) is 2. The molecule has 0 saturated heterocycles. The van der Waals surface area contributed by atoms with Crippen molar-refractivity contribution in [2.24, 2.45) is 5.92 Å². The highest BCUT2D eigenvalue weighted by molar-refractivity contribution is 5.81. The Hall–Kier alpha value is -0.830. The van der Waals surface area contributed by atoms with E-state index in [1.54, 1.807) is 0 Å². The van der Waals surface area contributed by atoms with E-state index >= 15 is 0 Å². The van der Waals surface area contributed by atoms with Gasteiger partial charge in [0, 0.05) is 6.08 Å². The summed E-state index contributed by atoms with van der Waals surface area (Å²) in [5, 5.41) is 0. The van der Waals surface area contributed by atoms with Crippen molar-refractivity contribution in [3.8, 4) is 0 Å². The molecule has 0 fully saturated rings. The molecule has 0 radical (unpaired) electrons. The van der Waals surface area contributed by atoms with E-state index < -0.39 is 0 Å². The van der Waals surface area contributed by atoms with E-state index in [0.717, 1.165) is 18.8 Å². The van der Waals surface area contributed by atoms with Crippen LogP contribution in [0.5, 0.6) is 0 Å². The maximum Gasteiger partial charge on any atom is 0.330 e. The van der Waals surface area contributed by atoms with Crippen molar-refractivity contribution in [2.45, 2.75) is 72.0 Å². The second-order valence-corrected chi connectivity index (χ2v) is 5.67. The van der Waals surface area contributed by atoms with Gasteiger partial charge in [-0.1, -0.05) is 46.1 Å². The highest BCUT2D eigenvalue weighted by Crippen LogP contribution is 2.13. The van der Waals surface area contributed by atoms with Crippen LogP contribution in [-0.2, 0) is 14.3 Å². The molecule has 0 N–H and O–H groups in total. The lowest BCUT2D eigenvalue weighted by Crippen LogP contribution is -2.24. The molecule has 3 nitrogen and oxygen atoms in total. The van der Waals surface area contributed by atoms with Gasteiger partial charge in [-0.25, -0.2) is 4.79 Å². The maximum absolute atomic E-state index is 11.1. The summed E-state index contributed by atoms with van der Waals surface area (Å²) in [6, 6.07) is 0. The number of hydrogen-bond donors (Lipinski definition) is 0. The summed E-state index contributed by atoms with van der Waals surface area (Å²) in [6.07, 6.45) is 7.17. The lowest BCUT2D eigenvalue weighted by Gasteiger charge is -2.20. The van der Waals surface area contributed by atoms with Crippen LogP contribution in [0.1, 0.15) is 59.8 Å². The molecule has 0 aliphatic carbocycles. The molecule has 0 aromatic rings. The normalized spacial score (nSPS) is 12.7. The Balaban J connectivity index is 3.85. The summed E-state index contributed by atoms with van der Waals surface area (Å²) in [5.74, 6) is 0.397. The van der Waals surface area contributed by atoms with Crippen molar-refractivity contribution in [3.63, 3.8) is 0 Å². The summed E-state index contributed by atoms with van der Waals surface area (Å²) in [4.78, 5) is 11.1. The standard InChI is InChI=1S/C16H30O3/c1-6-16(17)18-12-15(19-14(4)5)11-9-7-8-10-13(2)3/h6,13-15H,1,7-12H2,2-5H3. The molecule has 0 aliphatic heterocycles. The van der Waals surface area contributed by atoms with E-state index in [1.165, 1.54) is 25.3 Å². The molecule has 19 heavy (non-hydrogen) atoms. The first-order chi connectivity index (χ1) is 8.95. The number of unbranched alkanes of at least 4 members (excludes halogenated alkanes) is 2. The first-order valence-corrected chi connectivity index (χ1v) is 7.40. The molecule has 0 heterocycles. The Labute approximate surface area is 118 Å². The molecule has 112 valence electrons. The first kappa shape index (κ1) is 18.2. The van der Waals surface area contributed by atoms with Crippen LogP contribution in [0.25, 0.3) is 0 Å². The Morgan fingerprint density at radius 3 is 2.26 bits per heavy atom. The van der Waals surface area contributed by atoms with Crippen LogP contribution < -0.4 is 0 Å². The van der Waals surface area contributed by atoms with Gasteiger partial charge in [0.1, 0.15) is 6.61 Å². The molecule has 1 atom stereocenters. The average molecular weight is 270 g/mol. The van der Waals surface area contributed by atoms with E-state index in [1.807, 2.05) is 13.8 Å². The molecule has 0 rings (SSSR count). The molecule has 0 amide bonds. The second-order valence-electron chi connectivity index (χ2n) is 5.67. The van der Waals surface area contributed by atoms with Crippen molar-refractivity contribution in [1.82, 2.24) is 0 Å². The zero-order valence-electron chi connectivity index (χ0n) is 13.0. The summed E-state index contributed by atoms with van der Waals surface area (Å²) in [5.41, 5.74) is 0. The van der Waals surface area contributed by atoms with Crippen molar-refractivity contribution >= 4 is 5.97 Å². The first-order valence-electron chi connectivity index (χ1n) is 7.40. The van der Waals surface area contributed by atoms with Crippen molar-refractivity contribution in [3.05, 3.63) is 12.7 Å². The van der Waals surface area contributed by atoms with Gasteiger partial charge >= 0.3 is 5.97 Å². The number of hydrogen-bond acceptors (Lipinski definition) is 3. The lowest BCUT2D eigenvalue weighted by atomic mass is 10.0. The van der Waals surface area contributed by atoms with Gasteiger partial charge in [-0.3, -0.25) is 0 Å². The molecular formula is C16H30O3. The number of rotatable bonds is 11. The van der Waals surface area contributed by atoms with Gasteiger partial charge in [-0.2, -0.15) is 0 Å². The SMILES string of the molecule is C=CC(=O)OCC(CCCCCC(C)C)OC(C)C. The molecular weight excluding hydrogens is 240 g/mol. The van der Waals surface area contributed by atoms with Gasteiger partial charge in [0.05, 0.1) is 12.2 Å². The maximum atomic E-state index is 11.1. The highest BCUT2D eigenvalue weighted by atomic mass is 16.6. The van der Waals surface area contributed by atoms with Gasteiger partial charge in [-0.15, -0.1) is 0 Å². The molecule has 0 aliphatic rings. The third kappa shape index (κ3) is 12.0. The van der Waals surface area contributed by atoms with E-state index in [9.17, 15) is 4.79 Å². The third-order valence-electron chi connectivity index (χ3n) is 2.85. The van der Waals surface area contributed by atoms with E-state index in [2.05, 4.69) is 20.4 Å². The monoisotopic (exact) mass is 270 g/mol. The number of esters is 1. The van der Waals surface area contributed by atoms with Gasteiger partial charge in [0.25, 0.3) is 0 Å². The van der Waals surface area contributed by atoms with Gasteiger partial charge in [-0.05, 0) is 26.2 Å². The minimum atomic E-state index is -0.378. The summed E-state index contributed by atoms with van der Waals surface area (Å²) in [6.45, 7) is 12.2. The molecule has 0 aromatic carbocycles. The fourth-order valence-electron chi connectivity index (χ4n) is 1.91. The zero-order chi connectivity index (χ0) is 14.7. The van der Waals surface area contributed by atoms with Crippen LogP contribution in [0.3, 0.4) is 0 Å². The van der Waals surface area contributed by atoms with E-state index in [-0.39, 0.29) is 18.2 Å². The predicted molar refractivity (Wildman–Crippen MR) is 79.1 cm³/mol. The minimum Gasteiger partial charge on any atom is -0.460 e. The van der Waals surface area contributed by atoms with Crippen LogP contribution >= 0.6 is 0 Å². The fraction of sp³-hybridized carbons (Fsp3) is 0.812. The van der Waals surface area contributed by atoms with Crippen LogP contribution in [0.2, 0.25) is 0 Å². The summed E-state index contributed by atoms with van der Waals surface area (Å²) in [7, 11) is 0. The molecule has 0 spiro atoms. The second kappa shape index (κ2) is 11.0. The van der Waals surface area contributed by atoms with E-state index in [4.69, 9.17) is 9.47 Å². The van der Waals surface area contributed by atoms with Gasteiger partial charge in [0.2, 0.25) is 0 Å². The zero-order valence-corrected chi connectivity index (χ0v) is 13.0. The van der Waals surface area contributed by atoms with Crippen LogP contribution in [-0.4, -0.2) is 24.8 Å². The summed E-state index contributed by atoms with van der Waals surface area (Å²) < 4.78 is 10.8. The largest absolute Gasteiger partial charge is 0.460 e. The molecule has 0 aromatic heterocycles. The Morgan fingerprint density at radius 2 is 1.74 bits per heavy atom. The van der Waals surface area contributed by atoms with Gasteiger partial charge in [0.15, 0.2) is 0 Å². The van der Waals surface area contributed by atoms with Crippen LogP contribution in [0.4, 0.5) is 0 Å². The van der Waals surface area contributed by atoms with Crippen molar-refractivity contribution in [2.75, 3.05) is 6.61 Å². The minimum absolute atomic E-state index is 0.00273. The molecule has 1 unspecified atom stereocenters. The van der Waals surface area contributed by atoms with Crippen LogP contribution in [0.15, 0.2) is 12.7 Å². The average Bonchev–Trinajstić information content (AvgIpc) is 2.33. The van der Waals surface area contributed by atoms with Crippen molar-refractivity contribution < 1.29 is 14.3 Å². The summed E-state index contributed by atoms with van der Waals surface area (Å²) >= 11 is 0. The Bertz CT molecular complexity index is 246. The van der Waals surface area contributed by atoms with Gasteiger partial charge < -0.3 is 9.47 Å². The lowest BCUT2D eigenvalue weighted by molar-refractivity contribution is -0.143. The predicted octanol–water partition coefficient (Wildman–Crippen LogP) is 4.12.